The minimum absolute atomic E-state index is 0.0634. The van der Waals surface area contributed by atoms with E-state index >= 15 is 0 Å². The summed E-state index contributed by atoms with van der Waals surface area (Å²) < 4.78 is 16.9. The Kier molecular flexibility index (Phi) is 51.0. The summed E-state index contributed by atoms with van der Waals surface area (Å²) in [5, 5.41) is 0. The van der Waals surface area contributed by atoms with Gasteiger partial charge in [-0.3, -0.25) is 14.4 Å². The largest absolute Gasteiger partial charge is 0.462 e. The van der Waals surface area contributed by atoms with Crippen molar-refractivity contribution >= 4 is 17.9 Å². The predicted molar refractivity (Wildman–Crippen MR) is 289 cm³/mol. The highest BCUT2D eigenvalue weighted by Gasteiger charge is 2.19. The lowest BCUT2D eigenvalue weighted by atomic mass is 10.0. The van der Waals surface area contributed by atoms with Crippen molar-refractivity contribution in [1.82, 2.24) is 0 Å². The molecule has 6 heteroatoms. The van der Waals surface area contributed by atoms with Crippen molar-refractivity contribution in [3.63, 3.8) is 0 Å². The Morgan fingerprint density at radius 1 is 0.254 bits per heavy atom. The van der Waals surface area contributed by atoms with Gasteiger partial charge in [-0.15, -0.1) is 0 Å². The summed E-state index contributed by atoms with van der Waals surface area (Å²) in [6, 6.07) is 0. The molecule has 0 saturated heterocycles. The van der Waals surface area contributed by atoms with Crippen LogP contribution >= 0.6 is 0 Å². The van der Waals surface area contributed by atoms with Gasteiger partial charge in [0.05, 0.1) is 0 Å². The molecule has 398 valence electrons. The number of carbonyl (C=O) groups is 3. The molecule has 0 fully saturated rings. The van der Waals surface area contributed by atoms with Crippen LogP contribution in [0.3, 0.4) is 0 Å². The average Bonchev–Trinajstić information content (AvgIpc) is 3.29. The molecule has 0 heterocycles. The lowest BCUT2D eigenvalue weighted by Crippen LogP contribution is -2.30. The number of carbonyl (C=O) groups excluding carboxylic acids is 3. The van der Waals surface area contributed by atoms with E-state index < -0.39 is 6.10 Å². The highest BCUT2D eigenvalue weighted by atomic mass is 16.6. The van der Waals surface area contributed by atoms with Crippen LogP contribution in [-0.4, -0.2) is 37.2 Å². The van der Waals surface area contributed by atoms with Gasteiger partial charge in [0.15, 0.2) is 6.10 Å². The van der Waals surface area contributed by atoms with Gasteiger partial charge in [0.1, 0.15) is 13.2 Å². The van der Waals surface area contributed by atoms with E-state index in [1.165, 1.54) is 218 Å². The molecule has 0 amide bonds. The van der Waals surface area contributed by atoms with Gasteiger partial charge >= 0.3 is 17.9 Å². The molecule has 0 aromatic rings. The highest BCUT2D eigenvalue weighted by Crippen LogP contribution is 2.19. The number of rotatable bonds is 54. The molecular formula is C61H118O6. The summed E-state index contributed by atoms with van der Waals surface area (Å²) in [5.74, 6) is 1.67. The first-order chi connectivity index (χ1) is 32.6. The van der Waals surface area contributed by atoms with Crippen LogP contribution in [0.15, 0.2) is 0 Å². The van der Waals surface area contributed by atoms with Gasteiger partial charge < -0.3 is 14.2 Å². The second kappa shape index (κ2) is 52.2. The van der Waals surface area contributed by atoms with E-state index in [9.17, 15) is 14.4 Å². The summed E-state index contributed by atoms with van der Waals surface area (Å²) in [5.41, 5.74) is 0. The number of ether oxygens (including phenoxy) is 3. The molecule has 0 aliphatic rings. The number of unbranched alkanes of at least 4 members (excludes halogenated alkanes) is 37. The maximum atomic E-state index is 12.8. The van der Waals surface area contributed by atoms with Crippen molar-refractivity contribution in [2.75, 3.05) is 13.2 Å². The molecule has 0 aliphatic carbocycles. The molecule has 6 nitrogen and oxygen atoms in total. The van der Waals surface area contributed by atoms with Crippen molar-refractivity contribution in [2.45, 2.75) is 343 Å². The molecule has 0 aromatic heterocycles. The number of esters is 3. The Morgan fingerprint density at radius 3 is 0.642 bits per heavy atom. The molecule has 0 N–H and O–H groups in total. The van der Waals surface area contributed by atoms with Crippen LogP contribution in [0.2, 0.25) is 0 Å². The van der Waals surface area contributed by atoms with Gasteiger partial charge in [0.2, 0.25) is 0 Å². The van der Waals surface area contributed by atoms with E-state index in [1.54, 1.807) is 0 Å². The SMILES string of the molecule is CC(C)CCCCCCCCCCCCCCCCCCCCC(=O)OC[C@@H](COC(=O)CCCCCCCCCCCCCCC(C)C)OC(=O)CCCCCCCCCCCCC(C)C. The molecular weight excluding hydrogens is 829 g/mol. The van der Waals surface area contributed by atoms with Crippen LogP contribution in [0.5, 0.6) is 0 Å². The summed E-state index contributed by atoms with van der Waals surface area (Å²) in [6.45, 7) is 13.8. The normalized spacial score (nSPS) is 12.1. The number of hydrogen-bond donors (Lipinski definition) is 0. The Hall–Kier alpha value is -1.59. The maximum absolute atomic E-state index is 12.8. The predicted octanol–water partition coefficient (Wildman–Crippen LogP) is 19.9. The molecule has 0 aliphatic heterocycles. The van der Waals surface area contributed by atoms with E-state index in [0.29, 0.717) is 19.3 Å². The third-order valence-electron chi connectivity index (χ3n) is 13.9. The van der Waals surface area contributed by atoms with Crippen LogP contribution in [-0.2, 0) is 28.6 Å². The maximum Gasteiger partial charge on any atom is 0.306 e. The zero-order chi connectivity index (χ0) is 49.1. The second-order valence-corrected chi connectivity index (χ2v) is 22.4. The quantitative estimate of drug-likeness (QED) is 0.0343. The lowest BCUT2D eigenvalue weighted by molar-refractivity contribution is -0.167. The van der Waals surface area contributed by atoms with E-state index in [1.807, 2.05) is 0 Å². The van der Waals surface area contributed by atoms with Crippen molar-refractivity contribution < 1.29 is 28.6 Å². The molecule has 0 bridgehead atoms. The lowest BCUT2D eigenvalue weighted by Gasteiger charge is -2.18. The van der Waals surface area contributed by atoms with Crippen LogP contribution < -0.4 is 0 Å². The Balaban J connectivity index is 4.24. The van der Waals surface area contributed by atoms with Crippen LogP contribution in [0.1, 0.15) is 337 Å². The molecule has 67 heavy (non-hydrogen) atoms. The highest BCUT2D eigenvalue weighted by molar-refractivity contribution is 5.71. The van der Waals surface area contributed by atoms with Crippen molar-refractivity contribution in [2.24, 2.45) is 17.8 Å². The minimum atomic E-state index is -0.764. The summed E-state index contributed by atoms with van der Waals surface area (Å²) in [4.78, 5) is 38.2. The van der Waals surface area contributed by atoms with Crippen LogP contribution in [0, 0.1) is 17.8 Å². The van der Waals surface area contributed by atoms with Crippen LogP contribution in [0.25, 0.3) is 0 Å². The van der Waals surface area contributed by atoms with Gasteiger partial charge in [0, 0.05) is 19.3 Å². The van der Waals surface area contributed by atoms with Crippen molar-refractivity contribution in [1.29, 1.82) is 0 Å². The second-order valence-electron chi connectivity index (χ2n) is 22.4. The minimum Gasteiger partial charge on any atom is -0.462 e. The Labute approximate surface area is 418 Å². The first-order valence-electron chi connectivity index (χ1n) is 30.1. The first kappa shape index (κ1) is 65.4. The van der Waals surface area contributed by atoms with Gasteiger partial charge in [-0.1, -0.05) is 298 Å². The van der Waals surface area contributed by atoms with Crippen LogP contribution in [0.4, 0.5) is 0 Å². The smallest absolute Gasteiger partial charge is 0.306 e. The van der Waals surface area contributed by atoms with E-state index in [-0.39, 0.29) is 31.1 Å². The third kappa shape index (κ3) is 55.2. The van der Waals surface area contributed by atoms with E-state index in [0.717, 1.165) is 75.5 Å². The van der Waals surface area contributed by atoms with Gasteiger partial charge in [-0.05, 0) is 37.0 Å². The summed E-state index contributed by atoms with van der Waals surface area (Å²) >= 11 is 0. The molecule has 0 saturated carbocycles. The molecule has 0 radical (unpaired) electrons. The fourth-order valence-electron chi connectivity index (χ4n) is 9.35. The topological polar surface area (TPSA) is 78.9 Å². The van der Waals surface area contributed by atoms with E-state index in [2.05, 4.69) is 41.5 Å². The summed E-state index contributed by atoms with van der Waals surface area (Å²) in [7, 11) is 0. The fraction of sp³-hybridized carbons (Fsp3) is 0.951. The van der Waals surface area contributed by atoms with E-state index in [4.69, 9.17) is 14.2 Å². The fourth-order valence-corrected chi connectivity index (χ4v) is 9.35. The Morgan fingerprint density at radius 2 is 0.433 bits per heavy atom. The molecule has 0 rings (SSSR count). The monoisotopic (exact) mass is 947 g/mol. The van der Waals surface area contributed by atoms with Crippen molar-refractivity contribution in [3.8, 4) is 0 Å². The molecule has 0 aromatic carbocycles. The standard InChI is InChI=1S/C61H118O6/c1-55(2)47-41-35-29-23-17-13-11-9-7-8-10-12-14-19-26-32-38-44-50-59(62)65-53-58(67-61(64)52-46-40-34-28-22-21-25-31-37-43-49-57(5)6)54-66-60(63)51-45-39-33-27-20-16-15-18-24-30-36-42-48-56(3)4/h55-58H,7-54H2,1-6H3/t58-/m0/s1. The van der Waals surface area contributed by atoms with Gasteiger partial charge in [-0.2, -0.15) is 0 Å². The molecule has 1 atom stereocenters. The zero-order valence-corrected chi connectivity index (χ0v) is 46.2. The zero-order valence-electron chi connectivity index (χ0n) is 46.2. The summed E-state index contributed by atoms with van der Waals surface area (Å²) in [6.07, 6.45) is 55.3. The van der Waals surface area contributed by atoms with Gasteiger partial charge in [0.25, 0.3) is 0 Å². The molecule has 0 unspecified atom stereocenters. The third-order valence-corrected chi connectivity index (χ3v) is 13.9. The van der Waals surface area contributed by atoms with Gasteiger partial charge in [-0.25, -0.2) is 0 Å². The average molecular weight is 948 g/mol. The molecule has 0 spiro atoms. The number of hydrogen-bond acceptors (Lipinski definition) is 6. The Bertz CT molecular complexity index is 1040. The van der Waals surface area contributed by atoms with Crippen molar-refractivity contribution in [3.05, 3.63) is 0 Å². The first-order valence-corrected chi connectivity index (χ1v) is 30.1.